The third-order valence-electron chi connectivity index (χ3n) is 11.1. The van der Waals surface area contributed by atoms with Gasteiger partial charge in [0.15, 0.2) is 12.5 Å². The lowest BCUT2D eigenvalue weighted by Crippen LogP contribution is -2.51. The number of hydrogen-bond donors (Lipinski definition) is 2. The van der Waals surface area contributed by atoms with Gasteiger partial charge < -0.3 is 29.9 Å². The van der Waals surface area contributed by atoms with Crippen molar-refractivity contribution >= 4 is 41.3 Å². The maximum absolute atomic E-state index is 16.1. The Labute approximate surface area is 362 Å². The number of Topliss-reactive ketones (excluding diaryl/α,β-unsaturated/α-hetero) is 1. The summed E-state index contributed by atoms with van der Waals surface area (Å²) >= 11 is 0. The van der Waals surface area contributed by atoms with Crippen LogP contribution in [0.25, 0.3) is 11.1 Å². The average Bonchev–Trinajstić information content (AvgIpc) is 3.78. The fraction of sp³-hybridized carbons (Fsp3) is 0.489. The molecule has 1 saturated heterocycles. The smallest absolute Gasteiger partial charge is 0.410 e. The van der Waals surface area contributed by atoms with E-state index in [0.717, 1.165) is 24.0 Å². The van der Waals surface area contributed by atoms with Crippen LogP contribution < -0.4 is 10.6 Å². The van der Waals surface area contributed by atoms with E-state index < -0.39 is 41.0 Å². The van der Waals surface area contributed by atoms with E-state index in [4.69, 9.17) is 9.47 Å². The van der Waals surface area contributed by atoms with Gasteiger partial charge in [-0.25, -0.2) is 19.0 Å². The molecule has 14 nitrogen and oxygen atoms in total. The number of nitrogens with zero attached hydrogens (tertiary/aromatic N) is 5. The minimum Gasteiger partial charge on any atom is -0.444 e. The number of nitrogens with one attached hydrogen (secondary N) is 2. The second kappa shape index (κ2) is 19.8. The highest BCUT2D eigenvalue weighted by Gasteiger charge is 2.32. The molecule has 6 rings (SSSR count). The number of anilines is 1. The number of hydrogen-bond acceptors (Lipinski definition) is 10. The molecule has 2 fully saturated rings. The molecule has 2 N–H and O–H groups in total. The maximum Gasteiger partial charge on any atom is 0.410 e. The highest BCUT2D eigenvalue weighted by molar-refractivity contribution is 6.01. The van der Waals surface area contributed by atoms with Crippen molar-refractivity contribution in [3.05, 3.63) is 89.2 Å². The molecule has 0 radical (unpaired) electrons. The predicted molar refractivity (Wildman–Crippen MR) is 233 cm³/mol. The molecule has 62 heavy (non-hydrogen) atoms. The Morgan fingerprint density at radius 3 is 2.03 bits per heavy atom. The van der Waals surface area contributed by atoms with Crippen LogP contribution in [-0.2, 0) is 25.5 Å². The van der Waals surface area contributed by atoms with Gasteiger partial charge in [-0.15, -0.1) is 5.11 Å². The number of carbonyl (C=O) groups is 5. The van der Waals surface area contributed by atoms with Crippen LogP contribution in [-0.4, -0.2) is 96.0 Å². The first-order valence-electron chi connectivity index (χ1n) is 21.4. The van der Waals surface area contributed by atoms with Crippen molar-refractivity contribution in [2.45, 2.75) is 91.3 Å². The van der Waals surface area contributed by atoms with Gasteiger partial charge >= 0.3 is 12.2 Å². The van der Waals surface area contributed by atoms with E-state index >= 15 is 4.39 Å². The summed E-state index contributed by atoms with van der Waals surface area (Å²) in [6.07, 6.45) is 2.28. The molecule has 3 aromatic rings. The van der Waals surface area contributed by atoms with Crippen LogP contribution in [0, 0.1) is 23.6 Å². The van der Waals surface area contributed by atoms with Crippen molar-refractivity contribution in [2.75, 3.05) is 44.7 Å². The van der Waals surface area contributed by atoms with Crippen LogP contribution in [0.2, 0.25) is 0 Å². The van der Waals surface area contributed by atoms with Crippen molar-refractivity contribution in [1.29, 1.82) is 0 Å². The number of ether oxygens (including phenoxy) is 2. The first-order chi connectivity index (χ1) is 29.4. The lowest BCUT2D eigenvalue weighted by atomic mass is 9.77. The van der Waals surface area contributed by atoms with Gasteiger partial charge in [0.1, 0.15) is 22.8 Å². The third-order valence-corrected chi connectivity index (χ3v) is 11.1. The van der Waals surface area contributed by atoms with Gasteiger partial charge in [-0.3, -0.25) is 14.4 Å². The standard InChI is InChI=1S/C47H58FN7O7/c1-46(2,3)61-44(59)49-28-31-12-16-33(17-13-31)39(56)27-35(42(57)52-36-20-18-34(19-21-36)41-50-29-51-53-41)26-30-10-14-32(15-11-30)37-8-7-9-38(40(37)48)43(58)54-22-24-55(25-23-54)45(60)62-47(4,5)6/h7-11,14-15,18-21,31,33,35H,12-13,16-17,22-29H2,1-6H3,(H,49,59)(H,52,57)/t31?,33?,35-/m1/s1. The Balaban J connectivity index is 1.11. The zero-order chi connectivity index (χ0) is 44.6. The number of rotatable bonds is 12. The summed E-state index contributed by atoms with van der Waals surface area (Å²) in [5.74, 6) is -1.51. The van der Waals surface area contributed by atoms with Crippen LogP contribution in [0.5, 0.6) is 0 Å². The molecule has 2 heterocycles. The van der Waals surface area contributed by atoms with Crippen LogP contribution in [0.3, 0.4) is 0 Å². The average molecular weight is 852 g/mol. The van der Waals surface area contributed by atoms with Crippen molar-refractivity contribution in [1.82, 2.24) is 15.1 Å². The number of amides is 4. The van der Waals surface area contributed by atoms with Crippen LogP contribution in [0.1, 0.15) is 95.1 Å². The second-order valence-electron chi connectivity index (χ2n) is 18.2. The van der Waals surface area contributed by atoms with Crippen molar-refractivity contribution < 1.29 is 37.8 Å². The van der Waals surface area contributed by atoms with E-state index in [0.29, 0.717) is 36.5 Å². The normalized spacial score (nSPS) is 18.4. The second-order valence-corrected chi connectivity index (χ2v) is 18.2. The monoisotopic (exact) mass is 851 g/mol. The topological polar surface area (TPSA) is 171 Å². The number of piperazine rings is 1. The molecular weight excluding hydrogens is 794 g/mol. The van der Waals surface area contributed by atoms with E-state index in [1.54, 1.807) is 67.0 Å². The molecule has 3 aliphatic rings. The van der Waals surface area contributed by atoms with Crippen LogP contribution >= 0.6 is 0 Å². The number of carbonyl (C=O) groups excluding carboxylic acids is 5. The van der Waals surface area contributed by atoms with Crippen molar-refractivity contribution in [3.63, 3.8) is 0 Å². The molecular formula is C47H58FN7O7. The van der Waals surface area contributed by atoms with Gasteiger partial charge in [-0.1, -0.05) is 36.4 Å². The first kappa shape index (κ1) is 45.5. The molecule has 330 valence electrons. The van der Waals surface area contributed by atoms with Gasteiger partial charge in [-0.05, 0) is 121 Å². The number of ketones is 1. The fourth-order valence-electron chi connectivity index (χ4n) is 7.84. The minimum atomic E-state index is -0.693. The SMILES string of the molecule is CC(C)(C)OC(=O)NCC1CCC(C(=O)C[C@@H](Cc2ccc(-c3cccc(C(=O)N4CCN(C(=O)OC(C)(C)C)CC4)c3F)cc2)C(=O)Nc2ccc(C3=NCN=N3)cc2)CC1. The number of alkyl carbamates (subject to hydrolysis) is 1. The van der Waals surface area contributed by atoms with Gasteiger partial charge in [0.25, 0.3) is 5.91 Å². The van der Waals surface area contributed by atoms with E-state index in [1.165, 1.54) is 6.07 Å². The molecule has 1 aliphatic carbocycles. The molecule has 0 unspecified atom stereocenters. The predicted octanol–water partition coefficient (Wildman–Crippen LogP) is 8.44. The number of amidine groups is 1. The molecule has 4 amide bonds. The maximum atomic E-state index is 16.1. The van der Waals surface area contributed by atoms with Crippen molar-refractivity contribution in [2.24, 2.45) is 33.0 Å². The van der Waals surface area contributed by atoms with Gasteiger partial charge in [0, 0.05) is 67.8 Å². The Morgan fingerprint density at radius 1 is 0.790 bits per heavy atom. The molecule has 3 aromatic carbocycles. The molecule has 1 saturated carbocycles. The first-order valence-corrected chi connectivity index (χ1v) is 21.4. The van der Waals surface area contributed by atoms with E-state index in [-0.39, 0.29) is 80.3 Å². The number of halogens is 1. The summed E-state index contributed by atoms with van der Waals surface area (Å²) in [4.78, 5) is 73.4. The van der Waals surface area contributed by atoms with E-state index in [1.807, 2.05) is 45.0 Å². The lowest BCUT2D eigenvalue weighted by Gasteiger charge is -2.35. The van der Waals surface area contributed by atoms with Crippen LogP contribution in [0.15, 0.2) is 82.0 Å². The summed E-state index contributed by atoms with van der Waals surface area (Å²) in [6, 6.07) is 19.0. The molecule has 1 atom stereocenters. The highest BCUT2D eigenvalue weighted by Crippen LogP contribution is 2.32. The molecule has 0 bridgehead atoms. The van der Waals surface area contributed by atoms with Gasteiger partial charge in [0.2, 0.25) is 5.91 Å². The van der Waals surface area contributed by atoms with Crippen molar-refractivity contribution in [3.8, 4) is 11.1 Å². The summed E-state index contributed by atoms with van der Waals surface area (Å²) in [5, 5.41) is 13.8. The molecule has 0 spiro atoms. The summed E-state index contributed by atoms with van der Waals surface area (Å²) in [5.41, 5.74) is 1.65. The third kappa shape index (κ3) is 12.5. The van der Waals surface area contributed by atoms with E-state index in [2.05, 4.69) is 25.9 Å². The van der Waals surface area contributed by atoms with Gasteiger partial charge in [0.05, 0.1) is 5.56 Å². The zero-order valence-corrected chi connectivity index (χ0v) is 36.5. The quantitative estimate of drug-likeness (QED) is 0.184. The summed E-state index contributed by atoms with van der Waals surface area (Å²) in [7, 11) is 0. The Bertz CT molecular complexity index is 2160. The van der Waals surface area contributed by atoms with E-state index in [9.17, 15) is 24.0 Å². The molecule has 15 heteroatoms. The summed E-state index contributed by atoms with van der Waals surface area (Å²) < 4.78 is 26.9. The largest absolute Gasteiger partial charge is 0.444 e. The number of aliphatic imine (C=N–C) groups is 1. The fourth-order valence-corrected chi connectivity index (χ4v) is 7.84. The zero-order valence-electron chi connectivity index (χ0n) is 36.5. The Morgan fingerprint density at radius 2 is 1.42 bits per heavy atom. The minimum absolute atomic E-state index is 0.0232. The highest BCUT2D eigenvalue weighted by atomic mass is 19.1. The lowest BCUT2D eigenvalue weighted by molar-refractivity contribution is -0.129. The molecule has 0 aromatic heterocycles. The Kier molecular flexibility index (Phi) is 14.5. The number of azo groups is 1. The number of benzene rings is 3. The Hall–Kier alpha value is -5.99. The van der Waals surface area contributed by atoms with Gasteiger partial charge in [-0.2, -0.15) is 5.11 Å². The van der Waals surface area contributed by atoms with Crippen LogP contribution in [0.4, 0.5) is 19.7 Å². The summed E-state index contributed by atoms with van der Waals surface area (Å²) in [6.45, 7) is 12.6. The molecule has 2 aliphatic heterocycles.